The van der Waals surface area contributed by atoms with Gasteiger partial charge in [0.1, 0.15) is 5.82 Å². The van der Waals surface area contributed by atoms with Crippen molar-refractivity contribution in [1.29, 1.82) is 0 Å². The van der Waals surface area contributed by atoms with Crippen LogP contribution in [-0.4, -0.2) is 15.9 Å². The Labute approximate surface area is 122 Å². The van der Waals surface area contributed by atoms with E-state index < -0.39 is 0 Å². The van der Waals surface area contributed by atoms with Crippen molar-refractivity contribution in [2.45, 2.75) is 20.3 Å². The van der Waals surface area contributed by atoms with Gasteiger partial charge in [-0.25, -0.2) is 4.98 Å². The summed E-state index contributed by atoms with van der Waals surface area (Å²) in [5.41, 5.74) is 2.54. The fourth-order valence-corrected chi connectivity index (χ4v) is 2.22. The molecule has 0 aliphatic heterocycles. The van der Waals surface area contributed by atoms with Crippen molar-refractivity contribution in [3.8, 4) is 0 Å². The van der Waals surface area contributed by atoms with Crippen molar-refractivity contribution in [2.75, 3.05) is 5.32 Å². The van der Waals surface area contributed by atoms with Gasteiger partial charge in [-0.05, 0) is 36.2 Å². The summed E-state index contributed by atoms with van der Waals surface area (Å²) in [6, 6.07) is 8.93. The molecule has 0 spiro atoms. The lowest BCUT2D eigenvalue weighted by Crippen LogP contribution is -2.10. The summed E-state index contributed by atoms with van der Waals surface area (Å²) < 4.78 is 5.07. The molecule has 1 amide bonds. The van der Waals surface area contributed by atoms with Gasteiger partial charge >= 0.3 is 0 Å². The van der Waals surface area contributed by atoms with Crippen LogP contribution in [0.15, 0.2) is 41.0 Å². The molecule has 108 valence electrons. The first-order chi connectivity index (χ1) is 10.1. The standard InChI is InChI=1S/C16H17N3O2/c1-10(2)8-15-18-12-6-5-11(9-13(12)19-15)17-16(20)14-4-3-7-21-14/h3-7,9-10H,8H2,1-2H3,(H,17,20)(H,18,19). The van der Waals surface area contributed by atoms with Crippen molar-refractivity contribution < 1.29 is 9.21 Å². The Bertz CT molecular complexity index is 757. The lowest BCUT2D eigenvalue weighted by Gasteiger charge is -2.02. The van der Waals surface area contributed by atoms with Gasteiger partial charge in [0.2, 0.25) is 0 Å². The van der Waals surface area contributed by atoms with Crippen LogP contribution in [0.2, 0.25) is 0 Å². The fraction of sp³-hybridized carbons (Fsp3) is 0.250. The molecule has 2 heterocycles. The highest BCUT2D eigenvalue weighted by Crippen LogP contribution is 2.19. The Morgan fingerprint density at radius 2 is 2.24 bits per heavy atom. The molecule has 3 aromatic rings. The van der Waals surface area contributed by atoms with Crippen LogP contribution in [-0.2, 0) is 6.42 Å². The molecule has 5 heteroatoms. The van der Waals surface area contributed by atoms with E-state index in [9.17, 15) is 4.79 Å². The highest BCUT2D eigenvalue weighted by molar-refractivity contribution is 6.03. The number of rotatable bonds is 4. The number of furan rings is 1. The molecule has 0 bridgehead atoms. The van der Waals surface area contributed by atoms with E-state index in [1.165, 1.54) is 6.26 Å². The van der Waals surface area contributed by atoms with E-state index in [1.807, 2.05) is 18.2 Å². The number of aromatic nitrogens is 2. The lowest BCUT2D eigenvalue weighted by molar-refractivity contribution is 0.0996. The maximum atomic E-state index is 11.9. The van der Waals surface area contributed by atoms with Crippen LogP contribution >= 0.6 is 0 Å². The van der Waals surface area contributed by atoms with Gasteiger partial charge in [0, 0.05) is 12.1 Å². The topological polar surface area (TPSA) is 70.9 Å². The minimum Gasteiger partial charge on any atom is -0.459 e. The molecule has 0 aliphatic rings. The number of fused-ring (bicyclic) bond motifs is 1. The average molecular weight is 283 g/mol. The summed E-state index contributed by atoms with van der Waals surface area (Å²) in [4.78, 5) is 19.8. The van der Waals surface area contributed by atoms with E-state index >= 15 is 0 Å². The number of nitrogens with zero attached hydrogens (tertiary/aromatic N) is 1. The zero-order valence-corrected chi connectivity index (χ0v) is 12.0. The van der Waals surface area contributed by atoms with E-state index in [0.29, 0.717) is 17.4 Å². The molecular formula is C16H17N3O2. The first-order valence-corrected chi connectivity index (χ1v) is 6.95. The molecule has 0 saturated heterocycles. The Kier molecular flexibility index (Phi) is 3.48. The van der Waals surface area contributed by atoms with Crippen molar-refractivity contribution in [1.82, 2.24) is 9.97 Å². The number of imidazole rings is 1. The van der Waals surface area contributed by atoms with E-state index in [0.717, 1.165) is 23.3 Å². The molecule has 0 saturated carbocycles. The van der Waals surface area contributed by atoms with Crippen LogP contribution in [0, 0.1) is 5.92 Å². The largest absolute Gasteiger partial charge is 0.459 e. The number of aromatic amines is 1. The summed E-state index contributed by atoms with van der Waals surface area (Å²) >= 11 is 0. The molecule has 2 N–H and O–H groups in total. The van der Waals surface area contributed by atoms with E-state index in [4.69, 9.17) is 4.42 Å². The number of carbonyl (C=O) groups excluding carboxylic acids is 1. The third kappa shape index (κ3) is 2.97. The number of nitrogens with one attached hydrogen (secondary N) is 2. The van der Waals surface area contributed by atoms with Crippen molar-refractivity contribution in [3.05, 3.63) is 48.2 Å². The van der Waals surface area contributed by atoms with Gasteiger partial charge < -0.3 is 14.7 Å². The molecule has 2 aromatic heterocycles. The molecule has 0 atom stereocenters. The third-order valence-corrected chi connectivity index (χ3v) is 3.14. The van der Waals surface area contributed by atoms with Crippen molar-refractivity contribution in [2.24, 2.45) is 5.92 Å². The van der Waals surface area contributed by atoms with Gasteiger partial charge in [0.05, 0.1) is 17.3 Å². The Morgan fingerprint density at radius 3 is 2.95 bits per heavy atom. The highest BCUT2D eigenvalue weighted by atomic mass is 16.3. The van der Waals surface area contributed by atoms with E-state index in [1.54, 1.807) is 12.1 Å². The van der Waals surface area contributed by atoms with Crippen LogP contribution in [0.25, 0.3) is 11.0 Å². The summed E-state index contributed by atoms with van der Waals surface area (Å²) in [7, 11) is 0. The number of hydrogen-bond acceptors (Lipinski definition) is 3. The number of benzene rings is 1. The van der Waals surface area contributed by atoms with Crippen molar-refractivity contribution >= 4 is 22.6 Å². The molecule has 3 rings (SSSR count). The van der Waals surface area contributed by atoms with E-state index in [2.05, 4.69) is 29.1 Å². The monoisotopic (exact) mass is 283 g/mol. The summed E-state index contributed by atoms with van der Waals surface area (Å²) in [6.45, 7) is 4.31. The number of anilines is 1. The maximum Gasteiger partial charge on any atom is 0.291 e. The van der Waals surface area contributed by atoms with Crippen LogP contribution in [0.4, 0.5) is 5.69 Å². The third-order valence-electron chi connectivity index (χ3n) is 3.14. The Morgan fingerprint density at radius 1 is 1.38 bits per heavy atom. The SMILES string of the molecule is CC(C)Cc1nc2ccc(NC(=O)c3ccco3)cc2[nH]1. The second kappa shape index (κ2) is 5.44. The lowest BCUT2D eigenvalue weighted by atomic mass is 10.1. The van der Waals surface area contributed by atoms with Gasteiger partial charge in [-0.1, -0.05) is 13.8 Å². The van der Waals surface area contributed by atoms with E-state index in [-0.39, 0.29) is 5.91 Å². The molecule has 0 fully saturated rings. The molecule has 0 radical (unpaired) electrons. The van der Waals surface area contributed by atoms with Gasteiger partial charge in [-0.15, -0.1) is 0 Å². The zero-order valence-electron chi connectivity index (χ0n) is 12.0. The van der Waals surface area contributed by atoms with Crippen LogP contribution in [0.3, 0.4) is 0 Å². The number of H-pyrrole nitrogens is 1. The summed E-state index contributed by atoms with van der Waals surface area (Å²) in [6.07, 6.45) is 2.38. The normalized spacial score (nSPS) is 11.2. The minimum atomic E-state index is -0.263. The molecule has 21 heavy (non-hydrogen) atoms. The molecule has 5 nitrogen and oxygen atoms in total. The fourth-order valence-electron chi connectivity index (χ4n) is 2.22. The smallest absolute Gasteiger partial charge is 0.291 e. The highest BCUT2D eigenvalue weighted by Gasteiger charge is 2.10. The Balaban J connectivity index is 1.82. The summed E-state index contributed by atoms with van der Waals surface area (Å²) in [5.74, 6) is 1.54. The number of hydrogen-bond donors (Lipinski definition) is 2. The van der Waals surface area contributed by atoms with Gasteiger partial charge in [0.25, 0.3) is 5.91 Å². The van der Waals surface area contributed by atoms with Gasteiger partial charge in [-0.2, -0.15) is 0 Å². The maximum absolute atomic E-state index is 11.9. The average Bonchev–Trinajstić information content (AvgIpc) is 3.05. The Hall–Kier alpha value is -2.56. The van der Waals surface area contributed by atoms with Crippen LogP contribution in [0.5, 0.6) is 0 Å². The van der Waals surface area contributed by atoms with Crippen LogP contribution < -0.4 is 5.32 Å². The quantitative estimate of drug-likeness (QED) is 0.768. The first kappa shape index (κ1) is 13.4. The molecule has 0 unspecified atom stereocenters. The predicted octanol–water partition coefficient (Wildman–Crippen LogP) is 3.61. The second-order valence-electron chi connectivity index (χ2n) is 5.44. The zero-order chi connectivity index (χ0) is 14.8. The molecule has 0 aliphatic carbocycles. The predicted molar refractivity (Wildman–Crippen MR) is 81.3 cm³/mol. The number of carbonyl (C=O) groups is 1. The second-order valence-corrected chi connectivity index (χ2v) is 5.44. The van der Waals surface area contributed by atoms with Crippen molar-refractivity contribution in [3.63, 3.8) is 0 Å². The van der Waals surface area contributed by atoms with Crippen LogP contribution in [0.1, 0.15) is 30.2 Å². The molecular weight excluding hydrogens is 266 g/mol. The number of amides is 1. The first-order valence-electron chi connectivity index (χ1n) is 6.95. The summed E-state index contributed by atoms with van der Waals surface area (Å²) in [5, 5.41) is 2.81. The molecule has 1 aromatic carbocycles. The minimum absolute atomic E-state index is 0.263. The van der Waals surface area contributed by atoms with Gasteiger partial charge in [0.15, 0.2) is 5.76 Å². The van der Waals surface area contributed by atoms with Gasteiger partial charge in [-0.3, -0.25) is 4.79 Å².